The van der Waals surface area contributed by atoms with Crippen LogP contribution in [0.4, 0.5) is 5.69 Å². The van der Waals surface area contributed by atoms with E-state index in [0.29, 0.717) is 27.4 Å². The molecule has 0 aliphatic carbocycles. The number of aliphatic hydroxyl groups excluding tert-OH is 1. The van der Waals surface area contributed by atoms with Crippen LogP contribution in [0.1, 0.15) is 49.1 Å². The Hall–Kier alpha value is -3.88. The van der Waals surface area contributed by atoms with Crippen LogP contribution in [0.15, 0.2) is 78.4 Å². The lowest BCUT2D eigenvalue weighted by atomic mass is 9.85. The second-order valence-electron chi connectivity index (χ2n) is 9.21. The maximum atomic E-state index is 13.2. The number of halogens is 1. The van der Waals surface area contributed by atoms with Gasteiger partial charge in [0.1, 0.15) is 5.76 Å². The van der Waals surface area contributed by atoms with Crippen molar-refractivity contribution in [3.63, 3.8) is 0 Å². The fourth-order valence-corrected chi connectivity index (χ4v) is 4.17. The van der Waals surface area contributed by atoms with Crippen molar-refractivity contribution >= 4 is 34.7 Å². The number of ketones is 1. The number of aliphatic hydroxyl groups is 1. The summed E-state index contributed by atoms with van der Waals surface area (Å²) in [6.07, 6.45) is 0. The van der Waals surface area contributed by atoms with Crippen LogP contribution in [0.25, 0.3) is 5.76 Å². The predicted octanol–water partition coefficient (Wildman–Crippen LogP) is 6.14. The monoisotopic (exact) mass is 470 g/mol. The van der Waals surface area contributed by atoms with Crippen LogP contribution >= 0.6 is 11.6 Å². The fourth-order valence-electron chi connectivity index (χ4n) is 4.04. The molecule has 0 aromatic heterocycles. The molecule has 1 aliphatic rings. The van der Waals surface area contributed by atoms with Gasteiger partial charge in [0.2, 0.25) is 0 Å². The third-order valence-corrected chi connectivity index (χ3v) is 6.18. The molecule has 1 amide bonds. The molecule has 4 rings (SSSR count). The lowest BCUT2D eigenvalue weighted by Crippen LogP contribution is -2.29. The molecule has 1 heterocycles. The Balaban J connectivity index is 1.91. The molecular formula is C28H23ClN2O3. The fraction of sp³-hybridized carbons (Fsp3) is 0.179. The summed E-state index contributed by atoms with van der Waals surface area (Å²) in [6, 6.07) is 21.8. The summed E-state index contributed by atoms with van der Waals surface area (Å²) >= 11 is 5.98. The molecule has 5 nitrogen and oxygen atoms in total. The second-order valence-corrected chi connectivity index (χ2v) is 9.64. The zero-order valence-electron chi connectivity index (χ0n) is 19.0. The van der Waals surface area contributed by atoms with E-state index in [4.69, 9.17) is 16.9 Å². The van der Waals surface area contributed by atoms with Crippen molar-refractivity contribution in [1.82, 2.24) is 0 Å². The molecule has 0 spiro atoms. The average molecular weight is 471 g/mol. The number of nitrogens with zero attached hydrogens (tertiary/aromatic N) is 2. The Kier molecular flexibility index (Phi) is 6.03. The van der Waals surface area contributed by atoms with Crippen LogP contribution in [-0.4, -0.2) is 16.8 Å². The first-order valence-electron chi connectivity index (χ1n) is 10.8. The van der Waals surface area contributed by atoms with Gasteiger partial charge < -0.3 is 5.11 Å². The summed E-state index contributed by atoms with van der Waals surface area (Å²) in [5.41, 5.74) is 3.00. The minimum Gasteiger partial charge on any atom is -0.507 e. The number of nitriles is 1. The third kappa shape index (κ3) is 4.21. The van der Waals surface area contributed by atoms with Gasteiger partial charge in [-0.25, -0.2) is 0 Å². The molecule has 0 radical (unpaired) electrons. The van der Waals surface area contributed by atoms with Crippen molar-refractivity contribution in [2.75, 3.05) is 4.90 Å². The minimum atomic E-state index is -0.836. The van der Waals surface area contributed by atoms with Crippen LogP contribution in [0.3, 0.4) is 0 Å². The normalized spacial score (nSPS) is 17.6. The molecule has 1 aliphatic heterocycles. The maximum absolute atomic E-state index is 13.2. The van der Waals surface area contributed by atoms with Crippen molar-refractivity contribution in [3.8, 4) is 6.07 Å². The highest BCUT2D eigenvalue weighted by Crippen LogP contribution is 2.42. The lowest BCUT2D eigenvalue weighted by molar-refractivity contribution is -0.132. The molecule has 0 bridgehead atoms. The van der Waals surface area contributed by atoms with Crippen LogP contribution in [0, 0.1) is 11.3 Å². The van der Waals surface area contributed by atoms with E-state index >= 15 is 0 Å². The molecule has 3 aromatic rings. The zero-order chi connectivity index (χ0) is 24.6. The van der Waals surface area contributed by atoms with Gasteiger partial charge in [-0.15, -0.1) is 0 Å². The summed E-state index contributed by atoms with van der Waals surface area (Å²) in [5, 5.41) is 20.8. The molecule has 170 valence electrons. The van der Waals surface area contributed by atoms with Crippen LogP contribution in [-0.2, 0) is 15.0 Å². The molecule has 1 saturated heterocycles. The number of carbonyl (C=O) groups excluding carboxylic acids is 2. The quantitative estimate of drug-likeness (QED) is 0.283. The minimum absolute atomic E-state index is 0.000177. The van der Waals surface area contributed by atoms with Gasteiger partial charge in [-0.3, -0.25) is 14.5 Å². The van der Waals surface area contributed by atoms with Gasteiger partial charge in [0.25, 0.3) is 11.7 Å². The lowest BCUT2D eigenvalue weighted by Gasteiger charge is -2.26. The van der Waals surface area contributed by atoms with Gasteiger partial charge in [0.05, 0.1) is 23.2 Å². The summed E-state index contributed by atoms with van der Waals surface area (Å²) in [4.78, 5) is 27.8. The largest absolute Gasteiger partial charge is 0.507 e. The number of carbonyl (C=O) groups is 2. The highest BCUT2D eigenvalue weighted by atomic mass is 35.5. The van der Waals surface area contributed by atoms with Gasteiger partial charge in [-0.2, -0.15) is 5.26 Å². The summed E-state index contributed by atoms with van der Waals surface area (Å²) in [5.74, 6) is -1.79. The molecular weight excluding hydrogens is 448 g/mol. The first kappa shape index (κ1) is 23.3. The van der Waals surface area contributed by atoms with Gasteiger partial charge in [0, 0.05) is 16.3 Å². The number of hydrogen-bond donors (Lipinski definition) is 1. The molecule has 34 heavy (non-hydrogen) atoms. The first-order chi connectivity index (χ1) is 16.1. The Bertz CT molecular complexity index is 1330. The topological polar surface area (TPSA) is 81.4 Å². The number of Topliss-reactive ketones (excluding diaryl/α,β-unsaturated/α-hetero) is 1. The van der Waals surface area contributed by atoms with E-state index in [0.717, 1.165) is 5.56 Å². The van der Waals surface area contributed by atoms with Crippen molar-refractivity contribution in [2.24, 2.45) is 0 Å². The molecule has 0 saturated carbocycles. The van der Waals surface area contributed by atoms with Crippen LogP contribution in [0.2, 0.25) is 5.02 Å². The highest BCUT2D eigenvalue weighted by Gasteiger charge is 2.47. The number of anilines is 1. The molecule has 3 aromatic carbocycles. The Morgan fingerprint density at radius 3 is 2.06 bits per heavy atom. The molecule has 6 heteroatoms. The van der Waals surface area contributed by atoms with E-state index in [-0.39, 0.29) is 16.7 Å². The van der Waals surface area contributed by atoms with Crippen molar-refractivity contribution < 1.29 is 14.7 Å². The van der Waals surface area contributed by atoms with E-state index in [1.165, 1.54) is 4.90 Å². The Morgan fingerprint density at radius 2 is 1.53 bits per heavy atom. The molecule has 1 N–H and O–H groups in total. The number of hydrogen-bond acceptors (Lipinski definition) is 4. The predicted molar refractivity (Wildman–Crippen MR) is 133 cm³/mol. The highest BCUT2D eigenvalue weighted by molar-refractivity contribution is 6.51. The second kappa shape index (κ2) is 8.81. The van der Waals surface area contributed by atoms with Gasteiger partial charge in [0.15, 0.2) is 0 Å². The van der Waals surface area contributed by atoms with Crippen molar-refractivity contribution in [2.45, 2.75) is 32.2 Å². The molecule has 1 atom stereocenters. The first-order valence-corrected chi connectivity index (χ1v) is 11.2. The van der Waals surface area contributed by atoms with Crippen molar-refractivity contribution in [3.05, 3.63) is 106 Å². The summed E-state index contributed by atoms with van der Waals surface area (Å²) < 4.78 is 0. The van der Waals surface area contributed by atoms with Gasteiger partial charge >= 0.3 is 0 Å². The van der Waals surface area contributed by atoms with Crippen LogP contribution in [0.5, 0.6) is 0 Å². The van der Waals surface area contributed by atoms with Gasteiger partial charge in [-0.05, 0) is 65.1 Å². The SMILES string of the molecule is CC(C)(C)c1ccc(C2/C(=C(/O)c3ccc(Cl)cc3)C(=O)C(=O)N2c2ccc(C#N)cc2)cc1. The molecule has 1 unspecified atom stereocenters. The van der Waals surface area contributed by atoms with Crippen molar-refractivity contribution in [1.29, 1.82) is 5.26 Å². The summed E-state index contributed by atoms with van der Waals surface area (Å²) in [7, 11) is 0. The Morgan fingerprint density at radius 1 is 0.941 bits per heavy atom. The number of amides is 1. The van der Waals surface area contributed by atoms with E-state index in [2.05, 4.69) is 26.8 Å². The standard InChI is InChI=1S/C28H23ClN2O3/c1-28(2,3)20-10-6-18(7-11-20)24-23(25(32)19-8-12-21(29)13-9-19)26(33)27(34)31(24)22-14-4-17(16-30)5-15-22/h4-15,24,32H,1-3H3/b25-23-. The summed E-state index contributed by atoms with van der Waals surface area (Å²) in [6.45, 7) is 6.31. The average Bonchev–Trinajstić information content (AvgIpc) is 3.09. The third-order valence-electron chi connectivity index (χ3n) is 5.93. The van der Waals surface area contributed by atoms with E-state index in [1.54, 1.807) is 48.5 Å². The molecule has 1 fully saturated rings. The van der Waals surface area contributed by atoms with E-state index in [1.807, 2.05) is 24.3 Å². The van der Waals surface area contributed by atoms with Gasteiger partial charge in [-0.1, -0.05) is 56.6 Å². The Labute approximate surface area is 203 Å². The number of benzene rings is 3. The van der Waals surface area contributed by atoms with E-state index in [9.17, 15) is 14.7 Å². The van der Waals surface area contributed by atoms with Crippen LogP contribution < -0.4 is 4.90 Å². The zero-order valence-corrected chi connectivity index (χ0v) is 19.8. The maximum Gasteiger partial charge on any atom is 0.300 e. The smallest absolute Gasteiger partial charge is 0.300 e. The van der Waals surface area contributed by atoms with E-state index < -0.39 is 17.7 Å². The number of rotatable bonds is 3.